The van der Waals surface area contributed by atoms with Crippen molar-refractivity contribution in [3.63, 3.8) is 0 Å². The summed E-state index contributed by atoms with van der Waals surface area (Å²) in [6.45, 7) is 0. The number of hydrogen-bond donors (Lipinski definition) is 3. The van der Waals surface area contributed by atoms with E-state index in [1.807, 2.05) is 6.07 Å². The summed E-state index contributed by atoms with van der Waals surface area (Å²) in [5.74, 6) is -0.0353. The van der Waals surface area contributed by atoms with Crippen LogP contribution in [0.1, 0.15) is 6.42 Å². The van der Waals surface area contributed by atoms with E-state index in [2.05, 4.69) is 15.3 Å². The third kappa shape index (κ3) is 5.06. The normalized spacial score (nSPS) is 10.2. The molecule has 0 aliphatic rings. The van der Waals surface area contributed by atoms with Crippen molar-refractivity contribution in [2.45, 2.75) is 11.6 Å². The minimum absolute atomic E-state index is 0.0745. The molecule has 7 nitrogen and oxygen atoms in total. The van der Waals surface area contributed by atoms with Crippen molar-refractivity contribution in [2.75, 3.05) is 22.5 Å². The molecule has 0 aliphatic heterocycles. The molecule has 1 amide bonds. The van der Waals surface area contributed by atoms with Crippen LogP contribution in [0.5, 0.6) is 0 Å². The van der Waals surface area contributed by atoms with Crippen LogP contribution in [-0.2, 0) is 9.59 Å². The molecule has 1 aromatic carbocycles. The first kappa shape index (κ1) is 15.8. The average molecular weight is 317 g/mol. The summed E-state index contributed by atoms with van der Waals surface area (Å²) < 4.78 is 0. The van der Waals surface area contributed by atoms with E-state index < -0.39 is 0 Å². The molecule has 0 radical (unpaired) electrons. The van der Waals surface area contributed by atoms with E-state index in [-0.39, 0.29) is 35.5 Å². The van der Waals surface area contributed by atoms with Gasteiger partial charge in [0.2, 0.25) is 5.91 Å². The number of carbonyl (C=O) groups is 2. The molecule has 0 spiro atoms. The highest BCUT2D eigenvalue weighted by atomic mass is 32.2. The van der Waals surface area contributed by atoms with Crippen molar-refractivity contribution >= 4 is 40.8 Å². The van der Waals surface area contributed by atoms with Crippen LogP contribution in [0.2, 0.25) is 0 Å². The van der Waals surface area contributed by atoms with Crippen LogP contribution in [-0.4, -0.2) is 27.4 Å². The Morgan fingerprint density at radius 3 is 2.36 bits per heavy atom. The molecule has 1 heterocycles. The number of ketones is 1. The molecule has 0 fully saturated rings. The number of nitrogens with zero attached hydrogens (tertiary/aromatic N) is 2. The monoisotopic (exact) mass is 317 g/mol. The Balaban J connectivity index is 1.81. The summed E-state index contributed by atoms with van der Waals surface area (Å²) in [6.07, 6.45) is -0.209. The first-order valence-corrected chi connectivity index (χ1v) is 7.41. The van der Waals surface area contributed by atoms with Gasteiger partial charge in [0, 0.05) is 11.8 Å². The molecule has 2 aromatic rings. The lowest BCUT2D eigenvalue weighted by Crippen LogP contribution is -2.17. The molecule has 0 atom stereocenters. The zero-order valence-corrected chi connectivity index (χ0v) is 12.5. The highest BCUT2D eigenvalue weighted by molar-refractivity contribution is 7.99. The van der Waals surface area contributed by atoms with Crippen LogP contribution in [0.3, 0.4) is 0 Å². The molecular weight excluding hydrogens is 302 g/mol. The van der Waals surface area contributed by atoms with Crippen molar-refractivity contribution in [2.24, 2.45) is 0 Å². The number of aromatic nitrogens is 2. The summed E-state index contributed by atoms with van der Waals surface area (Å²) in [6, 6.07) is 10.4. The summed E-state index contributed by atoms with van der Waals surface area (Å²) in [7, 11) is 0. The molecule has 0 bridgehead atoms. The van der Waals surface area contributed by atoms with Gasteiger partial charge < -0.3 is 16.8 Å². The molecule has 5 N–H and O–H groups in total. The van der Waals surface area contributed by atoms with Crippen LogP contribution in [0, 0.1) is 0 Å². The largest absolute Gasteiger partial charge is 0.383 e. The standard InChI is InChI=1S/C14H15N5O2S/c15-11-7-12(16)19-14(18-11)22-8-10(20)6-13(21)17-9-4-2-1-3-5-9/h1-5,7H,6,8H2,(H,17,21)(H4,15,16,18,19). The van der Waals surface area contributed by atoms with Crippen LogP contribution < -0.4 is 16.8 Å². The molecule has 0 saturated carbocycles. The number of benzene rings is 1. The molecule has 0 saturated heterocycles. The van der Waals surface area contributed by atoms with Gasteiger partial charge in [-0.25, -0.2) is 9.97 Å². The average Bonchev–Trinajstić information content (AvgIpc) is 2.45. The molecule has 0 aliphatic carbocycles. The number of nitrogens with two attached hydrogens (primary N) is 2. The van der Waals surface area contributed by atoms with E-state index >= 15 is 0 Å². The minimum Gasteiger partial charge on any atom is -0.383 e. The van der Waals surface area contributed by atoms with E-state index in [4.69, 9.17) is 11.5 Å². The predicted molar refractivity (Wildman–Crippen MR) is 86.3 cm³/mol. The van der Waals surface area contributed by atoms with Gasteiger partial charge in [-0.1, -0.05) is 30.0 Å². The third-order valence-electron chi connectivity index (χ3n) is 2.52. The maximum Gasteiger partial charge on any atom is 0.231 e. The third-order valence-corrected chi connectivity index (χ3v) is 3.43. The predicted octanol–water partition coefficient (Wildman–Crippen LogP) is 1.33. The lowest BCUT2D eigenvalue weighted by atomic mass is 10.2. The maximum absolute atomic E-state index is 11.8. The van der Waals surface area contributed by atoms with E-state index in [0.29, 0.717) is 10.8 Å². The van der Waals surface area contributed by atoms with E-state index in [1.54, 1.807) is 24.3 Å². The maximum atomic E-state index is 11.8. The highest BCUT2D eigenvalue weighted by Gasteiger charge is 2.11. The number of para-hydroxylation sites is 1. The van der Waals surface area contributed by atoms with Gasteiger partial charge in [-0.2, -0.15) is 0 Å². The van der Waals surface area contributed by atoms with Crippen molar-refractivity contribution < 1.29 is 9.59 Å². The Morgan fingerprint density at radius 2 is 1.73 bits per heavy atom. The molecule has 22 heavy (non-hydrogen) atoms. The van der Waals surface area contributed by atoms with Gasteiger partial charge in [-0.05, 0) is 12.1 Å². The Hall–Kier alpha value is -2.61. The van der Waals surface area contributed by atoms with Gasteiger partial charge in [0.15, 0.2) is 10.9 Å². The first-order valence-electron chi connectivity index (χ1n) is 6.42. The van der Waals surface area contributed by atoms with Gasteiger partial charge in [0.1, 0.15) is 11.6 Å². The van der Waals surface area contributed by atoms with Crippen LogP contribution in [0.4, 0.5) is 17.3 Å². The van der Waals surface area contributed by atoms with Crippen molar-refractivity contribution in [1.82, 2.24) is 9.97 Å². The fraction of sp³-hybridized carbons (Fsp3) is 0.143. The second-order valence-corrected chi connectivity index (χ2v) is 5.36. The lowest BCUT2D eigenvalue weighted by molar-refractivity contribution is -0.123. The summed E-state index contributed by atoms with van der Waals surface area (Å²) in [5.41, 5.74) is 11.7. The number of hydrogen-bond acceptors (Lipinski definition) is 7. The van der Waals surface area contributed by atoms with E-state index in [1.165, 1.54) is 6.07 Å². The van der Waals surface area contributed by atoms with Gasteiger partial charge in [-0.3, -0.25) is 9.59 Å². The molecule has 2 rings (SSSR count). The number of Topliss-reactive ketones (excluding diaryl/α,β-unsaturated/α-hetero) is 1. The fourth-order valence-corrected chi connectivity index (χ4v) is 2.36. The van der Waals surface area contributed by atoms with Gasteiger partial charge in [0.05, 0.1) is 12.2 Å². The second-order valence-electron chi connectivity index (χ2n) is 4.42. The van der Waals surface area contributed by atoms with Crippen molar-refractivity contribution in [3.05, 3.63) is 36.4 Å². The number of anilines is 3. The summed E-state index contributed by atoms with van der Waals surface area (Å²) in [5, 5.41) is 2.96. The SMILES string of the molecule is Nc1cc(N)nc(SCC(=O)CC(=O)Nc2ccccc2)n1. The fourth-order valence-electron chi connectivity index (χ4n) is 1.63. The Bertz CT molecular complexity index is 658. The van der Waals surface area contributed by atoms with Gasteiger partial charge >= 0.3 is 0 Å². The number of nitrogen functional groups attached to an aromatic ring is 2. The number of rotatable bonds is 6. The van der Waals surface area contributed by atoms with E-state index in [9.17, 15) is 9.59 Å². The van der Waals surface area contributed by atoms with Crippen molar-refractivity contribution in [3.8, 4) is 0 Å². The zero-order valence-electron chi connectivity index (χ0n) is 11.7. The van der Waals surface area contributed by atoms with Crippen LogP contribution in [0.25, 0.3) is 0 Å². The summed E-state index contributed by atoms with van der Waals surface area (Å²) in [4.78, 5) is 31.4. The number of nitrogens with one attached hydrogen (secondary N) is 1. The van der Waals surface area contributed by atoms with Gasteiger partial charge in [-0.15, -0.1) is 0 Å². The molecule has 0 unspecified atom stereocenters. The number of carbonyl (C=O) groups excluding carboxylic acids is 2. The van der Waals surface area contributed by atoms with E-state index in [0.717, 1.165) is 11.8 Å². The van der Waals surface area contributed by atoms with Crippen LogP contribution in [0.15, 0.2) is 41.6 Å². The zero-order chi connectivity index (χ0) is 15.9. The second kappa shape index (κ2) is 7.41. The minimum atomic E-state index is -0.357. The van der Waals surface area contributed by atoms with Gasteiger partial charge in [0.25, 0.3) is 0 Å². The molecule has 1 aromatic heterocycles. The molecular formula is C14H15N5O2S. The molecule has 114 valence electrons. The summed E-state index contributed by atoms with van der Waals surface area (Å²) >= 11 is 1.09. The number of thioether (sulfide) groups is 1. The van der Waals surface area contributed by atoms with Crippen molar-refractivity contribution in [1.29, 1.82) is 0 Å². The Kier molecular flexibility index (Phi) is 5.31. The molecule has 8 heteroatoms. The lowest BCUT2D eigenvalue weighted by Gasteiger charge is -2.04. The quantitative estimate of drug-likeness (QED) is 0.417. The first-order chi connectivity index (χ1) is 10.5. The highest BCUT2D eigenvalue weighted by Crippen LogP contribution is 2.16. The topological polar surface area (TPSA) is 124 Å². The Labute approximate surface area is 131 Å². The number of amides is 1. The smallest absolute Gasteiger partial charge is 0.231 e. The van der Waals surface area contributed by atoms with Crippen LogP contribution >= 0.6 is 11.8 Å². The Morgan fingerprint density at radius 1 is 1.09 bits per heavy atom.